The van der Waals surface area contributed by atoms with Crippen molar-refractivity contribution >= 4 is 16.8 Å². The molecule has 1 aromatic carbocycles. The van der Waals surface area contributed by atoms with Crippen LogP contribution in [0.5, 0.6) is 0 Å². The summed E-state index contributed by atoms with van der Waals surface area (Å²) in [7, 11) is 0. The highest BCUT2D eigenvalue weighted by Crippen LogP contribution is 2.49. The molecule has 1 aromatic heterocycles. The van der Waals surface area contributed by atoms with E-state index in [4.69, 9.17) is 0 Å². The summed E-state index contributed by atoms with van der Waals surface area (Å²) < 4.78 is 0. The first-order valence-electron chi connectivity index (χ1n) is 12.6. The van der Waals surface area contributed by atoms with Crippen LogP contribution in [0.1, 0.15) is 107 Å². The van der Waals surface area contributed by atoms with Crippen LogP contribution in [-0.4, -0.2) is 22.3 Å². The first-order valence-corrected chi connectivity index (χ1v) is 12.6. The summed E-state index contributed by atoms with van der Waals surface area (Å²) in [6, 6.07) is 6.63. The van der Waals surface area contributed by atoms with E-state index in [0.29, 0.717) is 12.3 Å². The van der Waals surface area contributed by atoms with Crippen LogP contribution in [-0.2, 0) is 16.8 Å². The molecule has 0 spiro atoms. The number of unbranched alkanes of at least 4 members (excludes halogenated alkanes) is 9. The minimum Gasteiger partial charge on any atom is -0.356 e. The lowest BCUT2D eigenvalue weighted by Gasteiger charge is -2.42. The number of fused-ring (bicyclic) bond motifs is 5. The molecule has 3 heterocycles. The van der Waals surface area contributed by atoms with Gasteiger partial charge in [-0.25, -0.2) is 0 Å². The summed E-state index contributed by atoms with van der Waals surface area (Å²) in [5.41, 5.74) is 5.36. The Bertz CT molecular complexity index is 867. The Hall–Kier alpha value is -1.77. The molecule has 0 saturated carbocycles. The van der Waals surface area contributed by atoms with Gasteiger partial charge in [-0.15, -0.1) is 0 Å². The molecule has 2 aliphatic heterocycles. The smallest absolute Gasteiger partial charge is 0.223 e. The molecule has 0 unspecified atom stereocenters. The molecule has 2 aliphatic rings. The molecule has 2 aromatic rings. The maximum atomic E-state index is 12.7. The van der Waals surface area contributed by atoms with Crippen LogP contribution in [0.25, 0.3) is 10.9 Å². The number of para-hydroxylation sites is 1. The van der Waals surface area contributed by atoms with Gasteiger partial charge in [0, 0.05) is 29.6 Å². The average Bonchev–Trinajstić information content (AvgIpc) is 3.29. The molecule has 0 radical (unpaired) electrons. The summed E-state index contributed by atoms with van der Waals surface area (Å²) >= 11 is 0. The molecule has 1 fully saturated rings. The van der Waals surface area contributed by atoms with Gasteiger partial charge < -0.3 is 9.88 Å². The van der Waals surface area contributed by atoms with E-state index in [2.05, 4.69) is 41.9 Å². The van der Waals surface area contributed by atoms with E-state index in [1.807, 2.05) is 0 Å². The number of rotatable bonds is 11. The number of aryl methyl sites for hydroxylation is 1. The maximum Gasteiger partial charge on any atom is 0.223 e. The highest BCUT2D eigenvalue weighted by molar-refractivity contribution is 5.89. The van der Waals surface area contributed by atoms with Crippen molar-refractivity contribution in [1.82, 2.24) is 9.88 Å². The SMILES string of the molecule is CCCCCCCCCCCC[C@]12CCC(=O)N1CCc1c2[nH]c2c(C)cccc12. The van der Waals surface area contributed by atoms with Gasteiger partial charge in [-0.1, -0.05) is 89.3 Å². The quantitative estimate of drug-likeness (QED) is 0.393. The minimum absolute atomic E-state index is 0.0731. The molecule has 3 heteroatoms. The second kappa shape index (κ2) is 9.58. The highest BCUT2D eigenvalue weighted by Gasteiger charge is 2.50. The van der Waals surface area contributed by atoms with Crippen LogP contribution < -0.4 is 0 Å². The third-order valence-corrected chi connectivity index (χ3v) is 7.71. The van der Waals surface area contributed by atoms with Gasteiger partial charge in [0.2, 0.25) is 5.91 Å². The molecule has 164 valence electrons. The van der Waals surface area contributed by atoms with E-state index >= 15 is 0 Å². The summed E-state index contributed by atoms with van der Waals surface area (Å²) in [5, 5.41) is 1.38. The second-order valence-electron chi connectivity index (χ2n) is 9.73. The van der Waals surface area contributed by atoms with Gasteiger partial charge in [0.1, 0.15) is 0 Å². The Morgan fingerprint density at radius 1 is 0.967 bits per heavy atom. The maximum absolute atomic E-state index is 12.7. The number of nitrogens with one attached hydrogen (secondary N) is 1. The van der Waals surface area contributed by atoms with E-state index in [0.717, 1.165) is 25.8 Å². The molecule has 3 nitrogen and oxygen atoms in total. The molecular weight excluding hydrogens is 368 g/mol. The minimum atomic E-state index is -0.0731. The van der Waals surface area contributed by atoms with Crippen molar-refractivity contribution in [2.45, 2.75) is 109 Å². The topological polar surface area (TPSA) is 36.1 Å². The number of nitrogens with zero attached hydrogens (tertiary/aromatic N) is 1. The van der Waals surface area contributed by atoms with Gasteiger partial charge in [0.25, 0.3) is 0 Å². The largest absolute Gasteiger partial charge is 0.356 e. The summed E-state index contributed by atoms with van der Waals surface area (Å²) in [6.45, 7) is 5.37. The number of aromatic amines is 1. The predicted octanol–water partition coefficient (Wildman–Crippen LogP) is 7.16. The number of aromatic nitrogens is 1. The standard InChI is InChI=1S/C27H40N2O/c1-3-4-5-6-7-8-9-10-11-12-18-27-19-16-24(30)29(27)20-17-23-22-15-13-14-21(2)25(22)28-26(23)27/h13-15,28H,3-12,16-20H2,1-2H3/t27-/m1/s1. The number of H-pyrrole nitrogens is 1. The number of hydrogen-bond acceptors (Lipinski definition) is 1. The van der Waals surface area contributed by atoms with Crippen LogP contribution >= 0.6 is 0 Å². The molecule has 1 N–H and O–H groups in total. The Morgan fingerprint density at radius 3 is 2.40 bits per heavy atom. The molecule has 0 aliphatic carbocycles. The fourth-order valence-electron chi connectivity index (χ4n) is 6.01. The van der Waals surface area contributed by atoms with Crippen molar-refractivity contribution in [1.29, 1.82) is 0 Å². The highest BCUT2D eigenvalue weighted by atomic mass is 16.2. The van der Waals surface area contributed by atoms with Gasteiger partial charge in [-0.05, 0) is 37.3 Å². The van der Waals surface area contributed by atoms with E-state index < -0.39 is 0 Å². The first-order chi connectivity index (χ1) is 14.7. The van der Waals surface area contributed by atoms with Gasteiger partial charge in [-0.2, -0.15) is 0 Å². The summed E-state index contributed by atoms with van der Waals surface area (Å²) in [5.74, 6) is 0.364. The molecule has 1 atom stereocenters. The van der Waals surface area contributed by atoms with Crippen LogP contribution in [0.15, 0.2) is 18.2 Å². The normalized spacial score (nSPS) is 20.7. The van der Waals surface area contributed by atoms with E-state index in [1.54, 1.807) is 0 Å². The molecular formula is C27H40N2O. The van der Waals surface area contributed by atoms with Crippen LogP contribution in [0, 0.1) is 6.92 Å². The lowest BCUT2D eigenvalue weighted by molar-refractivity contribution is -0.132. The van der Waals surface area contributed by atoms with Gasteiger partial charge >= 0.3 is 0 Å². The van der Waals surface area contributed by atoms with Crippen LogP contribution in [0.4, 0.5) is 0 Å². The zero-order chi connectivity index (χ0) is 21.0. The van der Waals surface area contributed by atoms with E-state index in [-0.39, 0.29) is 5.54 Å². The number of hydrogen-bond donors (Lipinski definition) is 1. The van der Waals surface area contributed by atoms with Gasteiger partial charge in [-0.3, -0.25) is 4.79 Å². The number of carbonyl (C=O) groups excluding carboxylic acids is 1. The van der Waals surface area contributed by atoms with Crippen molar-refractivity contribution in [2.75, 3.05) is 6.54 Å². The van der Waals surface area contributed by atoms with Crippen molar-refractivity contribution in [3.63, 3.8) is 0 Å². The fourth-order valence-corrected chi connectivity index (χ4v) is 6.01. The Kier molecular flexibility index (Phi) is 6.85. The van der Waals surface area contributed by atoms with E-state index in [9.17, 15) is 4.79 Å². The summed E-state index contributed by atoms with van der Waals surface area (Å²) in [6.07, 6.45) is 17.4. The molecule has 4 rings (SSSR count). The predicted molar refractivity (Wildman–Crippen MR) is 126 cm³/mol. The van der Waals surface area contributed by atoms with Gasteiger partial charge in [0.05, 0.1) is 5.54 Å². The zero-order valence-corrected chi connectivity index (χ0v) is 19.2. The monoisotopic (exact) mass is 408 g/mol. The fraction of sp³-hybridized carbons (Fsp3) is 0.667. The van der Waals surface area contributed by atoms with Crippen molar-refractivity contribution < 1.29 is 4.79 Å². The van der Waals surface area contributed by atoms with Crippen molar-refractivity contribution in [2.24, 2.45) is 0 Å². The average molecular weight is 409 g/mol. The molecule has 30 heavy (non-hydrogen) atoms. The Morgan fingerprint density at radius 2 is 1.67 bits per heavy atom. The molecule has 1 saturated heterocycles. The second-order valence-corrected chi connectivity index (χ2v) is 9.73. The zero-order valence-electron chi connectivity index (χ0n) is 19.2. The van der Waals surface area contributed by atoms with E-state index in [1.165, 1.54) is 91.9 Å². The number of amides is 1. The summed E-state index contributed by atoms with van der Waals surface area (Å²) in [4.78, 5) is 18.7. The number of benzene rings is 1. The van der Waals surface area contributed by atoms with Gasteiger partial charge in [0.15, 0.2) is 0 Å². The molecule has 0 bridgehead atoms. The Balaban J connectivity index is 1.39. The van der Waals surface area contributed by atoms with Crippen LogP contribution in [0.2, 0.25) is 0 Å². The van der Waals surface area contributed by atoms with Crippen molar-refractivity contribution in [3.8, 4) is 0 Å². The third kappa shape index (κ3) is 4.05. The van der Waals surface area contributed by atoms with Crippen molar-refractivity contribution in [3.05, 3.63) is 35.0 Å². The lowest BCUT2D eigenvalue weighted by atomic mass is 9.80. The Labute approximate surface area is 182 Å². The number of carbonyl (C=O) groups is 1. The third-order valence-electron chi connectivity index (χ3n) is 7.71. The first kappa shape index (κ1) is 21.5. The molecule has 1 amide bonds. The lowest BCUT2D eigenvalue weighted by Crippen LogP contribution is -2.48. The van der Waals surface area contributed by atoms with Crippen LogP contribution in [0.3, 0.4) is 0 Å².